The first-order valence-corrected chi connectivity index (χ1v) is 6.87. The lowest BCUT2D eigenvalue weighted by atomic mass is 10.1. The van der Waals surface area contributed by atoms with Crippen molar-refractivity contribution >= 4 is 29.1 Å². The summed E-state index contributed by atoms with van der Waals surface area (Å²) in [5.74, 6) is -0.734. The molecule has 0 unspecified atom stereocenters. The quantitative estimate of drug-likeness (QED) is 0.891. The Labute approximate surface area is 127 Å². The average molecular weight is 303 g/mol. The van der Waals surface area contributed by atoms with Crippen LogP contribution in [0, 0.1) is 0 Å². The molecule has 0 atom stereocenters. The maximum atomic E-state index is 11.9. The van der Waals surface area contributed by atoms with Crippen LogP contribution in [0.5, 0.6) is 0 Å². The molecule has 0 aliphatic carbocycles. The summed E-state index contributed by atoms with van der Waals surface area (Å²) < 4.78 is 0. The molecule has 0 saturated heterocycles. The maximum Gasteiger partial charge on any atom is 0.250 e. The molecule has 0 aliphatic rings. The Kier molecular flexibility index (Phi) is 4.95. The van der Waals surface area contributed by atoms with Gasteiger partial charge in [0, 0.05) is 11.4 Å². The smallest absolute Gasteiger partial charge is 0.250 e. The van der Waals surface area contributed by atoms with Crippen molar-refractivity contribution in [3.05, 3.63) is 64.7 Å². The van der Waals surface area contributed by atoms with E-state index in [-0.39, 0.29) is 5.91 Å². The summed E-state index contributed by atoms with van der Waals surface area (Å²) in [4.78, 5) is 23.2. The van der Waals surface area contributed by atoms with E-state index in [9.17, 15) is 9.59 Å². The number of primary amides is 1. The number of carbonyl (C=O) groups excluding carboxylic acids is 2. The van der Waals surface area contributed by atoms with Gasteiger partial charge in [0.05, 0.1) is 11.3 Å². The minimum absolute atomic E-state index is 0.168. The molecular formula is C16H15ClN2O2. The fourth-order valence-corrected chi connectivity index (χ4v) is 2.05. The van der Waals surface area contributed by atoms with E-state index in [2.05, 4.69) is 5.32 Å². The standard InChI is InChI=1S/C16H15ClN2O2/c17-12-8-5-11(6-9-12)7-10-15(20)19-14-4-2-1-3-13(14)16(18)21/h1-6,8-9H,7,10H2,(H2,18,21)(H,19,20). The molecule has 0 fully saturated rings. The molecule has 21 heavy (non-hydrogen) atoms. The van der Waals surface area contributed by atoms with Gasteiger partial charge in [-0.1, -0.05) is 35.9 Å². The third-order valence-corrected chi connectivity index (χ3v) is 3.27. The van der Waals surface area contributed by atoms with E-state index in [1.165, 1.54) is 0 Å². The number of para-hydroxylation sites is 1. The predicted octanol–water partition coefficient (Wildman–Crippen LogP) is 3.01. The van der Waals surface area contributed by atoms with Gasteiger partial charge in [0.2, 0.25) is 5.91 Å². The Bertz CT molecular complexity index is 654. The SMILES string of the molecule is NC(=O)c1ccccc1NC(=O)CCc1ccc(Cl)cc1. The number of aryl methyl sites for hydroxylation is 1. The first-order chi connectivity index (χ1) is 10.1. The summed E-state index contributed by atoms with van der Waals surface area (Å²) in [6.45, 7) is 0. The molecule has 0 spiro atoms. The monoisotopic (exact) mass is 302 g/mol. The van der Waals surface area contributed by atoms with Crippen LogP contribution in [0.2, 0.25) is 5.02 Å². The van der Waals surface area contributed by atoms with Crippen molar-refractivity contribution in [3.8, 4) is 0 Å². The van der Waals surface area contributed by atoms with Crippen LogP contribution in [0.25, 0.3) is 0 Å². The Morgan fingerprint density at radius 3 is 2.38 bits per heavy atom. The number of anilines is 1. The van der Waals surface area contributed by atoms with Crippen molar-refractivity contribution in [1.82, 2.24) is 0 Å². The number of hydrogen-bond acceptors (Lipinski definition) is 2. The Hall–Kier alpha value is -2.33. The molecular weight excluding hydrogens is 288 g/mol. The Balaban J connectivity index is 1.96. The minimum atomic E-state index is -0.566. The van der Waals surface area contributed by atoms with Gasteiger partial charge in [-0.25, -0.2) is 0 Å². The highest BCUT2D eigenvalue weighted by atomic mass is 35.5. The predicted molar refractivity (Wildman–Crippen MR) is 83.4 cm³/mol. The first-order valence-electron chi connectivity index (χ1n) is 6.49. The van der Waals surface area contributed by atoms with E-state index < -0.39 is 5.91 Å². The van der Waals surface area contributed by atoms with Crippen LogP contribution in [0.4, 0.5) is 5.69 Å². The molecule has 0 heterocycles. The van der Waals surface area contributed by atoms with Crippen molar-refractivity contribution in [2.45, 2.75) is 12.8 Å². The van der Waals surface area contributed by atoms with Gasteiger partial charge in [-0.05, 0) is 36.2 Å². The Morgan fingerprint density at radius 2 is 1.71 bits per heavy atom. The second kappa shape index (κ2) is 6.90. The number of halogens is 1. The van der Waals surface area contributed by atoms with Crippen molar-refractivity contribution < 1.29 is 9.59 Å². The molecule has 0 bridgehead atoms. The number of rotatable bonds is 5. The zero-order valence-electron chi connectivity index (χ0n) is 11.3. The fourth-order valence-electron chi connectivity index (χ4n) is 1.93. The summed E-state index contributed by atoms with van der Waals surface area (Å²) in [5, 5.41) is 3.37. The van der Waals surface area contributed by atoms with Crippen LogP contribution in [-0.4, -0.2) is 11.8 Å². The van der Waals surface area contributed by atoms with Gasteiger partial charge in [0.1, 0.15) is 0 Å². The number of nitrogens with two attached hydrogens (primary N) is 1. The zero-order valence-corrected chi connectivity index (χ0v) is 12.1. The number of hydrogen-bond donors (Lipinski definition) is 2. The molecule has 2 aromatic rings. The molecule has 108 valence electrons. The number of carbonyl (C=O) groups is 2. The molecule has 0 saturated carbocycles. The molecule has 2 rings (SSSR count). The molecule has 5 heteroatoms. The number of amides is 2. The molecule has 2 amide bonds. The van der Waals surface area contributed by atoms with Gasteiger partial charge in [-0.2, -0.15) is 0 Å². The van der Waals surface area contributed by atoms with E-state index in [0.717, 1.165) is 5.56 Å². The second-order valence-electron chi connectivity index (χ2n) is 4.58. The summed E-state index contributed by atoms with van der Waals surface area (Å²) in [6.07, 6.45) is 0.913. The molecule has 3 N–H and O–H groups in total. The van der Waals surface area contributed by atoms with Gasteiger partial charge < -0.3 is 11.1 Å². The minimum Gasteiger partial charge on any atom is -0.366 e. The normalized spacial score (nSPS) is 10.1. The van der Waals surface area contributed by atoms with Gasteiger partial charge in [-0.15, -0.1) is 0 Å². The highest BCUT2D eigenvalue weighted by Crippen LogP contribution is 2.15. The number of nitrogens with one attached hydrogen (secondary N) is 1. The summed E-state index contributed by atoms with van der Waals surface area (Å²) in [6, 6.07) is 14.0. The number of benzene rings is 2. The van der Waals surface area contributed by atoms with Gasteiger partial charge in [-0.3, -0.25) is 9.59 Å². The average Bonchev–Trinajstić information content (AvgIpc) is 2.47. The van der Waals surface area contributed by atoms with E-state index in [0.29, 0.717) is 29.1 Å². The zero-order chi connectivity index (χ0) is 15.2. The third-order valence-electron chi connectivity index (χ3n) is 3.02. The van der Waals surface area contributed by atoms with E-state index in [1.807, 2.05) is 12.1 Å². The van der Waals surface area contributed by atoms with Gasteiger partial charge >= 0.3 is 0 Å². The van der Waals surface area contributed by atoms with E-state index in [4.69, 9.17) is 17.3 Å². The largest absolute Gasteiger partial charge is 0.366 e. The van der Waals surface area contributed by atoms with Crippen molar-refractivity contribution in [1.29, 1.82) is 0 Å². The van der Waals surface area contributed by atoms with E-state index >= 15 is 0 Å². The van der Waals surface area contributed by atoms with Crippen LogP contribution < -0.4 is 11.1 Å². The highest BCUT2D eigenvalue weighted by molar-refractivity contribution is 6.30. The van der Waals surface area contributed by atoms with Crippen molar-refractivity contribution in [2.24, 2.45) is 5.73 Å². The van der Waals surface area contributed by atoms with Crippen molar-refractivity contribution in [2.75, 3.05) is 5.32 Å². The topological polar surface area (TPSA) is 72.2 Å². The van der Waals surface area contributed by atoms with E-state index in [1.54, 1.807) is 36.4 Å². The molecule has 0 aliphatic heterocycles. The van der Waals surface area contributed by atoms with Gasteiger partial charge in [0.25, 0.3) is 5.91 Å². The maximum absolute atomic E-state index is 11.9. The third kappa shape index (κ3) is 4.33. The van der Waals surface area contributed by atoms with Crippen LogP contribution >= 0.6 is 11.6 Å². The van der Waals surface area contributed by atoms with Gasteiger partial charge in [0.15, 0.2) is 0 Å². The van der Waals surface area contributed by atoms with Crippen LogP contribution in [0.15, 0.2) is 48.5 Å². The lowest BCUT2D eigenvalue weighted by Gasteiger charge is -2.08. The fraction of sp³-hybridized carbons (Fsp3) is 0.125. The molecule has 0 aromatic heterocycles. The first kappa shape index (κ1) is 15.1. The highest BCUT2D eigenvalue weighted by Gasteiger charge is 2.10. The van der Waals surface area contributed by atoms with Crippen molar-refractivity contribution in [3.63, 3.8) is 0 Å². The lowest BCUT2D eigenvalue weighted by Crippen LogP contribution is -2.18. The summed E-state index contributed by atoms with van der Waals surface area (Å²) in [7, 11) is 0. The second-order valence-corrected chi connectivity index (χ2v) is 5.02. The molecule has 2 aromatic carbocycles. The summed E-state index contributed by atoms with van der Waals surface area (Å²) >= 11 is 5.81. The summed E-state index contributed by atoms with van der Waals surface area (Å²) in [5.41, 5.74) is 7.03. The van der Waals surface area contributed by atoms with Crippen LogP contribution in [0.3, 0.4) is 0 Å². The van der Waals surface area contributed by atoms with Crippen LogP contribution in [-0.2, 0) is 11.2 Å². The van der Waals surface area contributed by atoms with Crippen LogP contribution in [0.1, 0.15) is 22.3 Å². The molecule has 4 nitrogen and oxygen atoms in total. The molecule has 0 radical (unpaired) electrons. The lowest BCUT2D eigenvalue weighted by molar-refractivity contribution is -0.116. The Morgan fingerprint density at radius 1 is 1.05 bits per heavy atom.